The van der Waals surface area contributed by atoms with Crippen molar-refractivity contribution in [2.24, 2.45) is 0 Å². The largest absolute Gasteiger partial charge is 0.301 e. The van der Waals surface area contributed by atoms with Crippen molar-refractivity contribution in [1.82, 2.24) is 10.2 Å². The van der Waals surface area contributed by atoms with Gasteiger partial charge >= 0.3 is 0 Å². The molecule has 1 amide bonds. The topological polar surface area (TPSA) is 101 Å². The van der Waals surface area contributed by atoms with E-state index in [1.54, 1.807) is 0 Å². The van der Waals surface area contributed by atoms with Crippen LogP contribution in [0.3, 0.4) is 0 Å². The Labute approximate surface area is 117 Å². The van der Waals surface area contributed by atoms with Crippen LogP contribution in [0.1, 0.15) is 6.92 Å². The molecule has 2 aromatic rings. The van der Waals surface area contributed by atoms with E-state index >= 15 is 0 Å². The van der Waals surface area contributed by atoms with Crippen LogP contribution < -0.4 is 10.0 Å². The van der Waals surface area contributed by atoms with E-state index in [0.29, 0.717) is 11.3 Å². The van der Waals surface area contributed by atoms with E-state index in [2.05, 4.69) is 20.2 Å². The summed E-state index contributed by atoms with van der Waals surface area (Å²) in [7, 11) is -4.05. The van der Waals surface area contributed by atoms with Gasteiger partial charge in [0.25, 0.3) is 14.4 Å². The fourth-order valence-corrected chi connectivity index (χ4v) is 3.27. The minimum Gasteiger partial charge on any atom is -0.301 e. The van der Waals surface area contributed by atoms with Gasteiger partial charge in [-0.2, -0.15) is 8.42 Å². The molecule has 0 radical (unpaired) electrons. The summed E-state index contributed by atoms with van der Waals surface area (Å²) in [6, 6.07) is 5.33. The van der Waals surface area contributed by atoms with Crippen LogP contribution in [0, 0.1) is 5.82 Å². The lowest BCUT2D eigenvalue weighted by molar-refractivity contribution is -0.114. The van der Waals surface area contributed by atoms with Gasteiger partial charge in [0.1, 0.15) is 5.82 Å². The summed E-state index contributed by atoms with van der Waals surface area (Å²) in [6.07, 6.45) is 0. The molecule has 10 heteroatoms. The molecule has 0 unspecified atom stereocenters. The van der Waals surface area contributed by atoms with Crippen LogP contribution in [0.15, 0.2) is 28.6 Å². The number of carbonyl (C=O) groups is 1. The Morgan fingerprint density at radius 3 is 2.65 bits per heavy atom. The van der Waals surface area contributed by atoms with Gasteiger partial charge in [-0.05, 0) is 12.1 Å². The Kier molecular flexibility index (Phi) is 3.95. The van der Waals surface area contributed by atoms with Crippen molar-refractivity contribution in [3.05, 3.63) is 30.1 Å². The van der Waals surface area contributed by atoms with E-state index in [4.69, 9.17) is 0 Å². The maximum absolute atomic E-state index is 13.4. The second-order valence-electron chi connectivity index (χ2n) is 3.64. The number of sulfonamides is 1. The summed E-state index contributed by atoms with van der Waals surface area (Å²) in [5.41, 5.74) is -0.191. The number of amides is 1. The minimum absolute atomic E-state index is 0.0476. The highest BCUT2D eigenvalue weighted by Crippen LogP contribution is 2.23. The molecule has 0 saturated heterocycles. The molecule has 20 heavy (non-hydrogen) atoms. The first kappa shape index (κ1) is 14.3. The quantitative estimate of drug-likeness (QED) is 0.831. The van der Waals surface area contributed by atoms with E-state index < -0.39 is 21.7 Å². The van der Waals surface area contributed by atoms with Gasteiger partial charge < -0.3 is 5.32 Å². The molecule has 0 aliphatic heterocycles. The lowest BCUT2D eigenvalue weighted by atomic mass is 10.3. The number of aromatic nitrogens is 2. The summed E-state index contributed by atoms with van der Waals surface area (Å²) in [5, 5.41) is 9.32. The predicted octanol–water partition coefficient (Wildman–Crippen LogP) is 1.44. The third-order valence-corrected chi connectivity index (χ3v) is 4.61. The van der Waals surface area contributed by atoms with Crippen molar-refractivity contribution in [3.63, 3.8) is 0 Å². The van der Waals surface area contributed by atoms with Crippen LogP contribution >= 0.6 is 11.3 Å². The Balaban J connectivity index is 2.25. The first-order valence-corrected chi connectivity index (χ1v) is 7.57. The number of benzene rings is 1. The summed E-state index contributed by atoms with van der Waals surface area (Å²) in [6.45, 7) is 1.26. The monoisotopic (exact) mass is 316 g/mol. The van der Waals surface area contributed by atoms with Crippen molar-refractivity contribution < 1.29 is 17.6 Å². The molecular formula is C10H9FN4O3S2. The Hall–Kier alpha value is -2.07. The Morgan fingerprint density at radius 2 is 2.00 bits per heavy atom. The first-order chi connectivity index (χ1) is 9.38. The lowest BCUT2D eigenvalue weighted by Gasteiger charge is -2.05. The van der Waals surface area contributed by atoms with Gasteiger partial charge in [0.05, 0.1) is 5.69 Å². The SMILES string of the molecule is CC(=O)Nc1nnc(S(=O)(=O)Nc2ccccc2F)s1. The van der Waals surface area contributed by atoms with Crippen molar-refractivity contribution in [2.75, 3.05) is 10.0 Å². The van der Waals surface area contributed by atoms with Gasteiger partial charge in [-0.3, -0.25) is 9.52 Å². The van der Waals surface area contributed by atoms with Crippen LogP contribution in [0.4, 0.5) is 15.2 Å². The highest BCUT2D eigenvalue weighted by atomic mass is 32.2. The van der Waals surface area contributed by atoms with E-state index in [1.807, 2.05) is 0 Å². The van der Waals surface area contributed by atoms with Crippen LogP contribution in [-0.4, -0.2) is 24.5 Å². The second kappa shape index (κ2) is 5.51. The molecule has 0 bridgehead atoms. The fraction of sp³-hybridized carbons (Fsp3) is 0.100. The lowest BCUT2D eigenvalue weighted by Crippen LogP contribution is -2.13. The minimum atomic E-state index is -4.05. The number of rotatable bonds is 4. The highest BCUT2D eigenvalue weighted by Gasteiger charge is 2.21. The van der Waals surface area contributed by atoms with Gasteiger partial charge in [-0.25, -0.2) is 4.39 Å². The zero-order valence-corrected chi connectivity index (χ0v) is 11.8. The summed E-state index contributed by atoms with van der Waals surface area (Å²) >= 11 is 0.666. The first-order valence-electron chi connectivity index (χ1n) is 5.27. The molecule has 0 aliphatic rings. The Bertz CT molecular complexity index is 744. The van der Waals surface area contributed by atoms with E-state index in [1.165, 1.54) is 25.1 Å². The normalized spacial score (nSPS) is 11.1. The molecule has 2 rings (SSSR count). The van der Waals surface area contributed by atoms with Crippen LogP contribution in [-0.2, 0) is 14.8 Å². The molecule has 7 nitrogen and oxygen atoms in total. The molecule has 1 aromatic heterocycles. The summed E-state index contributed by atoms with van der Waals surface area (Å²) in [4.78, 5) is 10.8. The van der Waals surface area contributed by atoms with Gasteiger partial charge in [0.2, 0.25) is 11.0 Å². The standard InChI is InChI=1S/C10H9FN4O3S2/c1-6(16)12-9-13-14-10(19-9)20(17,18)15-8-5-3-2-4-7(8)11/h2-5,15H,1H3,(H,12,13,16). The third kappa shape index (κ3) is 3.27. The second-order valence-corrected chi connectivity index (χ2v) is 6.47. The average molecular weight is 316 g/mol. The van der Waals surface area contributed by atoms with Crippen molar-refractivity contribution >= 4 is 38.1 Å². The van der Waals surface area contributed by atoms with E-state index in [-0.39, 0.29) is 15.2 Å². The molecule has 0 atom stereocenters. The Morgan fingerprint density at radius 1 is 1.30 bits per heavy atom. The third-order valence-electron chi connectivity index (χ3n) is 2.04. The van der Waals surface area contributed by atoms with Crippen molar-refractivity contribution in [3.8, 4) is 0 Å². The molecular weight excluding hydrogens is 307 g/mol. The van der Waals surface area contributed by atoms with Crippen LogP contribution in [0.25, 0.3) is 0 Å². The maximum Gasteiger partial charge on any atom is 0.291 e. The number of hydrogen-bond acceptors (Lipinski definition) is 6. The molecule has 0 fully saturated rings. The van der Waals surface area contributed by atoms with Gasteiger partial charge in [-0.1, -0.05) is 23.5 Å². The van der Waals surface area contributed by atoms with Crippen LogP contribution in [0.2, 0.25) is 0 Å². The van der Waals surface area contributed by atoms with E-state index in [0.717, 1.165) is 6.07 Å². The van der Waals surface area contributed by atoms with Gasteiger partial charge in [0.15, 0.2) is 0 Å². The molecule has 106 valence electrons. The highest BCUT2D eigenvalue weighted by molar-refractivity contribution is 7.94. The van der Waals surface area contributed by atoms with Gasteiger partial charge in [0, 0.05) is 6.92 Å². The van der Waals surface area contributed by atoms with Crippen molar-refractivity contribution in [1.29, 1.82) is 0 Å². The number of nitrogens with zero attached hydrogens (tertiary/aromatic N) is 2. The summed E-state index contributed by atoms with van der Waals surface area (Å²) < 4.78 is 39.0. The number of hydrogen-bond donors (Lipinski definition) is 2. The number of para-hydroxylation sites is 1. The molecule has 0 spiro atoms. The maximum atomic E-state index is 13.4. The number of nitrogens with one attached hydrogen (secondary N) is 2. The molecule has 2 N–H and O–H groups in total. The zero-order valence-electron chi connectivity index (χ0n) is 10.1. The van der Waals surface area contributed by atoms with E-state index in [9.17, 15) is 17.6 Å². The molecule has 0 aliphatic carbocycles. The smallest absolute Gasteiger partial charge is 0.291 e. The van der Waals surface area contributed by atoms with Crippen molar-refractivity contribution in [2.45, 2.75) is 11.3 Å². The van der Waals surface area contributed by atoms with Crippen LogP contribution in [0.5, 0.6) is 0 Å². The fourth-order valence-electron chi connectivity index (χ4n) is 1.25. The number of halogens is 1. The molecule has 0 saturated carbocycles. The number of carbonyl (C=O) groups excluding carboxylic acids is 1. The average Bonchev–Trinajstić information content (AvgIpc) is 2.80. The molecule has 1 aromatic carbocycles. The summed E-state index contributed by atoms with van der Waals surface area (Å²) in [5.74, 6) is -1.10. The molecule has 1 heterocycles. The predicted molar refractivity (Wildman–Crippen MR) is 71.4 cm³/mol. The number of anilines is 2. The van der Waals surface area contributed by atoms with Gasteiger partial charge in [-0.15, -0.1) is 10.2 Å². The zero-order chi connectivity index (χ0) is 14.8.